The van der Waals surface area contributed by atoms with Gasteiger partial charge in [0.1, 0.15) is 5.60 Å². The number of ether oxygens (including phenoxy) is 1. The normalized spacial score (nSPS) is 12.3. The van der Waals surface area contributed by atoms with Crippen LogP contribution < -0.4 is 5.32 Å². The van der Waals surface area contributed by atoms with Gasteiger partial charge < -0.3 is 9.84 Å². The number of hydrogen-bond acceptors (Lipinski definition) is 5. The van der Waals surface area contributed by atoms with E-state index in [4.69, 9.17) is 9.84 Å². The first kappa shape index (κ1) is 18.4. The molecule has 0 spiro atoms. The smallest absolute Gasteiger partial charge is 0.412 e. The van der Waals surface area contributed by atoms with Crippen LogP contribution in [0.4, 0.5) is 10.5 Å². The molecule has 0 heterocycles. The molecule has 22 heavy (non-hydrogen) atoms. The number of benzene rings is 1. The van der Waals surface area contributed by atoms with Crippen molar-refractivity contribution in [3.8, 4) is 0 Å². The standard InChI is InChI=1S/C14H22N2O5S/c1-14(2,3)21-13(18)15-11-5-7-12(8-6-11)22(19,20)16(4)9-10-17/h5-8,17H,9-10H2,1-4H3,(H,15,18). The molecule has 1 aromatic carbocycles. The van der Waals surface area contributed by atoms with E-state index < -0.39 is 21.7 Å². The lowest BCUT2D eigenvalue weighted by Gasteiger charge is -2.20. The van der Waals surface area contributed by atoms with Crippen LogP contribution in [0, 0.1) is 0 Å². The quantitative estimate of drug-likeness (QED) is 0.856. The van der Waals surface area contributed by atoms with Crippen LogP contribution in [-0.4, -0.2) is 49.7 Å². The van der Waals surface area contributed by atoms with Gasteiger partial charge in [-0.15, -0.1) is 0 Å². The van der Waals surface area contributed by atoms with E-state index in [9.17, 15) is 13.2 Å². The highest BCUT2D eigenvalue weighted by atomic mass is 32.2. The van der Waals surface area contributed by atoms with Crippen LogP contribution in [0.25, 0.3) is 0 Å². The Morgan fingerprint density at radius 2 is 1.82 bits per heavy atom. The average Bonchev–Trinajstić information content (AvgIpc) is 2.37. The fraction of sp³-hybridized carbons (Fsp3) is 0.500. The number of aliphatic hydroxyl groups is 1. The van der Waals surface area contributed by atoms with Gasteiger partial charge in [-0.25, -0.2) is 13.2 Å². The number of amides is 1. The third-order valence-corrected chi connectivity index (χ3v) is 4.49. The highest BCUT2D eigenvalue weighted by molar-refractivity contribution is 7.89. The minimum Gasteiger partial charge on any atom is -0.444 e. The lowest BCUT2D eigenvalue weighted by Crippen LogP contribution is -2.29. The minimum absolute atomic E-state index is 0.0141. The van der Waals surface area contributed by atoms with Gasteiger partial charge in [-0.1, -0.05) is 0 Å². The number of carbonyl (C=O) groups excluding carboxylic acids is 1. The average molecular weight is 330 g/mol. The molecular formula is C14H22N2O5S. The molecule has 8 heteroatoms. The number of carbonyl (C=O) groups is 1. The van der Waals surface area contributed by atoms with Crippen molar-refractivity contribution in [1.29, 1.82) is 0 Å². The zero-order valence-electron chi connectivity index (χ0n) is 13.2. The molecule has 0 saturated carbocycles. The van der Waals surface area contributed by atoms with Gasteiger partial charge in [-0.05, 0) is 45.0 Å². The molecule has 0 radical (unpaired) electrons. The van der Waals surface area contributed by atoms with Crippen molar-refractivity contribution in [3.63, 3.8) is 0 Å². The summed E-state index contributed by atoms with van der Waals surface area (Å²) in [5.41, 5.74) is -0.182. The van der Waals surface area contributed by atoms with Gasteiger partial charge in [-0.3, -0.25) is 5.32 Å². The maximum absolute atomic E-state index is 12.1. The summed E-state index contributed by atoms with van der Waals surface area (Å²) in [4.78, 5) is 11.7. The molecule has 2 N–H and O–H groups in total. The van der Waals surface area contributed by atoms with Crippen molar-refractivity contribution in [2.75, 3.05) is 25.5 Å². The zero-order valence-corrected chi connectivity index (χ0v) is 14.0. The molecule has 1 amide bonds. The third-order valence-electron chi connectivity index (χ3n) is 2.62. The highest BCUT2D eigenvalue weighted by Gasteiger charge is 2.20. The molecule has 0 saturated heterocycles. The maximum atomic E-state index is 12.1. The van der Waals surface area contributed by atoms with Crippen LogP contribution in [0.3, 0.4) is 0 Å². The summed E-state index contributed by atoms with van der Waals surface area (Å²) >= 11 is 0. The first-order valence-corrected chi connectivity index (χ1v) is 8.17. The zero-order chi connectivity index (χ0) is 17.0. The molecule has 7 nitrogen and oxygen atoms in total. The summed E-state index contributed by atoms with van der Waals surface area (Å²) in [7, 11) is -2.26. The van der Waals surface area contributed by atoms with Gasteiger partial charge in [-0.2, -0.15) is 4.31 Å². The first-order chi connectivity index (χ1) is 10.1. The van der Waals surface area contributed by atoms with E-state index in [0.717, 1.165) is 4.31 Å². The van der Waals surface area contributed by atoms with Gasteiger partial charge in [0.15, 0.2) is 0 Å². The Morgan fingerprint density at radius 1 is 1.27 bits per heavy atom. The van der Waals surface area contributed by atoms with Crippen LogP contribution in [0.2, 0.25) is 0 Å². The van der Waals surface area contributed by atoms with Gasteiger partial charge in [0, 0.05) is 19.3 Å². The Balaban J connectivity index is 2.81. The summed E-state index contributed by atoms with van der Waals surface area (Å²) in [6.45, 7) is 5.01. The van der Waals surface area contributed by atoms with Gasteiger partial charge in [0.2, 0.25) is 10.0 Å². The SMILES string of the molecule is CN(CCO)S(=O)(=O)c1ccc(NC(=O)OC(C)(C)C)cc1. The van der Waals surface area contributed by atoms with Crippen molar-refractivity contribution in [1.82, 2.24) is 4.31 Å². The van der Waals surface area contributed by atoms with Crippen LogP contribution >= 0.6 is 0 Å². The van der Waals surface area contributed by atoms with Gasteiger partial charge in [0.25, 0.3) is 0 Å². The van der Waals surface area contributed by atoms with E-state index in [1.165, 1.54) is 31.3 Å². The predicted octanol–water partition coefficient (Wildman–Crippen LogP) is 1.65. The van der Waals surface area contributed by atoms with Crippen molar-refractivity contribution in [3.05, 3.63) is 24.3 Å². The van der Waals surface area contributed by atoms with E-state index in [0.29, 0.717) is 5.69 Å². The molecule has 0 aliphatic heterocycles. The fourth-order valence-electron chi connectivity index (χ4n) is 1.57. The van der Waals surface area contributed by atoms with Crippen molar-refractivity contribution in [2.45, 2.75) is 31.3 Å². The molecule has 0 bridgehead atoms. The Labute approximate surface area is 130 Å². The molecule has 1 rings (SSSR count). The number of aliphatic hydroxyl groups excluding tert-OH is 1. The van der Waals surface area contributed by atoms with Crippen LogP contribution in [0.15, 0.2) is 29.2 Å². The van der Waals surface area contributed by atoms with Crippen LogP contribution in [0.5, 0.6) is 0 Å². The maximum Gasteiger partial charge on any atom is 0.412 e. The Bertz CT molecular complexity index is 605. The van der Waals surface area contributed by atoms with E-state index in [1.807, 2.05) is 0 Å². The van der Waals surface area contributed by atoms with Crippen molar-refractivity contribution < 1.29 is 23.1 Å². The lowest BCUT2D eigenvalue weighted by atomic mass is 10.2. The molecule has 0 aliphatic carbocycles. The summed E-state index contributed by atoms with van der Waals surface area (Å²) in [5, 5.41) is 11.3. The number of anilines is 1. The molecule has 124 valence electrons. The second kappa shape index (κ2) is 7.08. The van der Waals surface area contributed by atoms with Crippen molar-refractivity contribution in [2.24, 2.45) is 0 Å². The van der Waals surface area contributed by atoms with Crippen molar-refractivity contribution >= 4 is 21.8 Å². The van der Waals surface area contributed by atoms with E-state index in [2.05, 4.69) is 5.32 Å². The summed E-state index contributed by atoms with van der Waals surface area (Å²) in [5.74, 6) is 0. The third kappa shape index (κ3) is 5.28. The summed E-state index contributed by atoms with van der Waals surface area (Å²) in [6, 6.07) is 5.72. The molecule has 1 aromatic rings. The minimum atomic E-state index is -3.65. The summed E-state index contributed by atoms with van der Waals surface area (Å²) in [6.07, 6.45) is -0.611. The van der Waals surface area contributed by atoms with Gasteiger partial charge >= 0.3 is 6.09 Å². The topological polar surface area (TPSA) is 95.9 Å². The fourth-order valence-corrected chi connectivity index (χ4v) is 2.73. The number of sulfonamides is 1. The number of likely N-dealkylation sites (N-methyl/N-ethyl adjacent to an activating group) is 1. The van der Waals surface area contributed by atoms with E-state index >= 15 is 0 Å². The monoisotopic (exact) mass is 330 g/mol. The molecule has 0 aliphatic rings. The number of nitrogens with one attached hydrogen (secondary N) is 1. The molecular weight excluding hydrogens is 308 g/mol. The number of nitrogens with zero attached hydrogens (tertiary/aromatic N) is 1. The molecule has 0 fully saturated rings. The van der Waals surface area contributed by atoms with E-state index in [-0.39, 0.29) is 18.0 Å². The van der Waals surface area contributed by atoms with E-state index in [1.54, 1.807) is 20.8 Å². The highest BCUT2D eigenvalue weighted by Crippen LogP contribution is 2.18. The van der Waals surface area contributed by atoms with Crippen LogP contribution in [-0.2, 0) is 14.8 Å². The lowest BCUT2D eigenvalue weighted by molar-refractivity contribution is 0.0636. The Kier molecular flexibility index (Phi) is 5.92. The molecule has 0 unspecified atom stereocenters. The Hall–Kier alpha value is -1.64. The predicted molar refractivity (Wildman–Crippen MR) is 83.2 cm³/mol. The summed E-state index contributed by atoms with van der Waals surface area (Å²) < 4.78 is 30.5. The van der Waals surface area contributed by atoms with Gasteiger partial charge in [0.05, 0.1) is 11.5 Å². The first-order valence-electron chi connectivity index (χ1n) is 6.73. The largest absolute Gasteiger partial charge is 0.444 e. The Morgan fingerprint density at radius 3 is 2.27 bits per heavy atom. The molecule has 0 aromatic heterocycles. The van der Waals surface area contributed by atoms with Crippen LogP contribution in [0.1, 0.15) is 20.8 Å². The second-order valence-corrected chi connectivity index (χ2v) is 7.75. The number of hydrogen-bond donors (Lipinski definition) is 2. The number of rotatable bonds is 5. The molecule has 0 atom stereocenters. The second-order valence-electron chi connectivity index (χ2n) is 5.70.